The van der Waals surface area contributed by atoms with E-state index < -0.39 is 0 Å². The number of Topliss-reactive ketones (excluding diaryl/α,β-unsaturated/α-hetero) is 1. The van der Waals surface area contributed by atoms with Crippen LogP contribution >= 0.6 is 12.6 Å². The first-order valence-electron chi connectivity index (χ1n) is 7.76. The molecule has 0 aromatic heterocycles. The van der Waals surface area contributed by atoms with E-state index in [1.807, 2.05) is 27.7 Å². The average molecular weight is 346 g/mol. The third-order valence-electron chi connectivity index (χ3n) is 3.42. The molecule has 0 fully saturated rings. The lowest BCUT2D eigenvalue weighted by atomic mass is 9.96. The van der Waals surface area contributed by atoms with Crippen molar-refractivity contribution in [3.63, 3.8) is 0 Å². The molecular weight excluding hydrogens is 316 g/mol. The summed E-state index contributed by atoms with van der Waals surface area (Å²) in [6.45, 7) is 8.16. The Balaban J connectivity index is 4.36. The normalized spacial score (nSPS) is 13.3. The SMILES string of the molecule is CNC(C)(C)CC(=O)CCC(=O)N[C@H](COC=O)CC(C)(C)S. The maximum absolute atomic E-state index is 12.0. The van der Waals surface area contributed by atoms with Crippen molar-refractivity contribution >= 4 is 30.8 Å². The second-order valence-electron chi connectivity index (χ2n) is 7.06. The van der Waals surface area contributed by atoms with Crippen molar-refractivity contribution in [3.8, 4) is 0 Å². The first-order chi connectivity index (χ1) is 10.5. The van der Waals surface area contributed by atoms with Crippen molar-refractivity contribution in [1.29, 1.82) is 0 Å². The fourth-order valence-corrected chi connectivity index (χ4v) is 2.35. The van der Waals surface area contributed by atoms with Gasteiger partial charge in [0, 0.05) is 29.5 Å². The highest BCUT2D eigenvalue weighted by atomic mass is 32.1. The summed E-state index contributed by atoms with van der Waals surface area (Å²) in [5.41, 5.74) is -0.274. The monoisotopic (exact) mass is 346 g/mol. The number of ketones is 1. The molecule has 7 heteroatoms. The molecule has 1 amide bonds. The van der Waals surface area contributed by atoms with Crippen LogP contribution < -0.4 is 10.6 Å². The fourth-order valence-electron chi connectivity index (χ4n) is 2.13. The zero-order valence-corrected chi connectivity index (χ0v) is 15.7. The Labute approximate surface area is 144 Å². The number of ether oxygens (including phenoxy) is 1. The average Bonchev–Trinajstić information content (AvgIpc) is 2.40. The number of rotatable bonds is 12. The molecule has 0 radical (unpaired) electrons. The molecule has 0 spiro atoms. The smallest absolute Gasteiger partial charge is 0.293 e. The highest BCUT2D eigenvalue weighted by Crippen LogP contribution is 2.19. The van der Waals surface area contributed by atoms with Crippen molar-refractivity contribution in [2.75, 3.05) is 13.7 Å². The summed E-state index contributed by atoms with van der Waals surface area (Å²) < 4.78 is 4.44. The summed E-state index contributed by atoms with van der Waals surface area (Å²) in [5, 5.41) is 5.86. The van der Waals surface area contributed by atoms with E-state index in [1.165, 1.54) is 0 Å². The molecule has 0 heterocycles. The Bertz CT molecular complexity index is 405. The van der Waals surface area contributed by atoms with Crippen LogP contribution in [0.15, 0.2) is 0 Å². The molecule has 0 bridgehead atoms. The highest BCUT2D eigenvalue weighted by Gasteiger charge is 2.23. The maximum atomic E-state index is 12.0. The van der Waals surface area contributed by atoms with Gasteiger partial charge in [-0.15, -0.1) is 0 Å². The van der Waals surface area contributed by atoms with E-state index in [-0.39, 0.29) is 47.5 Å². The summed E-state index contributed by atoms with van der Waals surface area (Å²) >= 11 is 4.42. The molecular formula is C16H30N2O4S. The van der Waals surface area contributed by atoms with Gasteiger partial charge >= 0.3 is 0 Å². The fraction of sp³-hybridized carbons (Fsp3) is 0.812. The van der Waals surface area contributed by atoms with E-state index in [2.05, 4.69) is 23.3 Å². The molecule has 0 unspecified atom stereocenters. The molecule has 134 valence electrons. The summed E-state index contributed by atoms with van der Waals surface area (Å²) in [5.74, 6) is -0.188. The zero-order valence-electron chi connectivity index (χ0n) is 14.8. The van der Waals surface area contributed by atoms with Crippen LogP contribution in [0.3, 0.4) is 0 Å². The lowest BCUT2D eigenvalue weighted by Crippen LogP contribution is -2.42. The van der Waals surface area contributed by atoms with E-state index in [1.54, 1.807) is 7.05 Å². The van der Waals surface area contributed by atoms with Crippen LogP contribution in [-0.2, 0) is 19.1 Å². The summed E-state index contributed by atoms with van der Waals surface area (Å²) in [6.07, 6.45) is 1.25. The van der Waals surface area contributed by atoms with Gasteiger partial charge < -0.3 is 15.4 Å². The second-order valence-corrected chi connectivity index (χ2v) is 8.27. The van der Waals surface area contributed by atoms with Gasteiger partial charge in [0.2, 0.25) is 5.91 Å². The van der Waals surface area contributed by atoms with Crippen LogP contribution in [0.2, 0.25) is 0 Å². The number of thiol groups is 1. The first-order valence-corrected chi connectivity index (χ1v) is 8.21. The standard InChI is InChI=1S/C16H30N2O4S/c1-15(2,17-5)9-13(20)6-7-14(21)18-12(10-22-11-19)8-16(3,4)23/h11-12,17,23H,6-10H2,1-5H3,(H,18,21)/t12-/m0/s1. The number of hydrogen-bond acceptors (Lipinski definition) is 6. The molecule has 1 atom stereocenters. The third kappa shape index (κ3) is 12.1. The Kier molecular flexibility index (Phi) is 9.46. The van der Waals surface area contributed by atoms with Crippen LogP contribution in [0, 0.1) is 0 Å². The molecule has 6 nitrogen and oxygen atoms in total. The predicted octanol–water partition coefficient (Wildman–Crippen LogP) is 1.48. The molecule has 0 aromatic carbocycles. The molecule has 0 rings (SSSR count). The first kappa shape index (κ1) is 21.9. The molecule has 0 aliphatic rings. The molecule has 0 aliphatic carbocycles. The number of nitrogens with one attached hydrogen (secondary N) is 2. The van der Waals surface area contributed by atoms with E-state index in [9.17, 15) is 14.4 Å². The van der Waals surface area contributed by atoms with Crippen LogP contribution in [0.5, 0.6) is 0 Å². The summed E-state index contributed by atoms with van der Waals surface area (Å²) in [4.78, 5) is 34.2. The number of carbonyl (C=O) groups is 3. The molecule has 0 saturated carbocycles. The van der Waals surface area contributed by atoms with Crippen molar-refractivity contribution in [2.24, 2.45) is 0 Å². The number of carbonyl (C=O) groups excluding carboxylic acids is 3. The van der Waals surface area contributed by atoms with Gasteiger partial charge in [-0.1, -0.05) is 13.8 Å². The van der Waals surface area contributed by atoms with Crippen LogP contribution in [0.1, 0.15) is 53.4 Å². The Morgan fingerprint density at radius 1 is 1.22 bits per heavy atom. The zero-order chi connectivity index (χ0) is 18.1. The Morgan fingerprint density at radius 2 is 1.83 bits per heavy atom. The van der Waals surface area contributed by atoms with Crippen LogP contribution in [0.25, 0.3) is 0 Å². The Morgan fingerprint density at radius 3 is 2.30 bits per heavy atom. The van der Waals surface area contributed by atoms with Crippen molar-refractivity contribution in [1.82, 2.24) is 10.6 Å². The number of hydrogen-bond donors (Lipinski definition) is 3. The number of amides is 1. The quantitative estimate of drug-likeness (QED) is 0.368. The topological polar surface area (TPSA) is 84.5 Å². The van der Waals surface area contributed by atoms with Gasteiger partial charge in [-0.3, -0.25) is 14.4 Å². The van der Waals surface area contributed by atoms with E-state index >= 15 is 0 Å². The van der Waals surface area contributed by atoms with Gasteiger partial charge in [-0.25, -0.2) is 0 Å². The molecule has 0 saturated heterocycles. The van der Waals surface area contributed by atoms with Crippen molar-refractivity contribution in [2.45, 2.75) is 69.7 Å². The molecule has 0 aliphatic heterocycles. The molecule has 2 N–H and O–H groups in total. The largest absolute Gasteiger partial charge is 0.466 e. The minimum atomic E-state index is -0.316. The predicted molar refractivity (Wildman–Crippen MR) is 93.6 cm³/mol. The lowest BCUT2D eigenvalue weighted by Gasteiger charge is -2.25. The summed E-state index contributed by atoms with van der Waals surface area (Å²) in [7, 11) is 1.80. The molecule has 0 aromatic rings. The maximum Gasteiger partial charge on any atom is 0.293 e. The summed E-state index contributed by atoms with van der Waals surface area (Å²) in [6, 6.07) is -0.316. The minimum absolute atomic E-state index is 0.0368. The van der Waals surface area contributed by atoms with Gasteiger partial charge in [0.05, 0.1) is 6.04 Å². The van der Waals surface area contributed by atoms with E-state index in [0.29, 0.717) is 19.3 Å². The lowest BCUT2D eigenvalue weighted by molar-refractivity contribution is -0.131. The van der Waals surface area contributed by atoms with Gasteiger partial charge in [0.15, 0.2) is 0 Å². The van der Waals surface area contributed by atoms with Crippen molar-refractivity contribution in [3.05, 3.63) is 0 Å². The van der Waals surface area contributed by atoms with E-state index in [0.717, 1.165) is 0 Å². The molecule has 23 heavy (non-hydrogen) atoms. The second kappa shape index (κ2) is 9.93. The van der Waals surface area contributed by atoms with Crippen LogP contribution in [-0.4, -0.2) is 48.1 Å². The van der Waals surface area contributed by atoms with Crippen LogP contribution in [0.4, 0.5) is 0 Å². The minimum Gasteiger partial charge on any atom is -0.466 e. The van der Waals surface area contributed by atoms with E-state index in [4.69, 9.17) is 4.74 Å². The van der Waals surface area contributed by atoms with Gasteiger partial charge in [0.25, 0.3) is 6.47 Å². The van der Waals surface area contributed by atoms with Gasteiger partial charge in [-0.2, -0.15) is 12.6 Å². The van der Waals surface area contributed by atoms with Gasteiger partial charge in [0.1, 0.15) is 12.4 Å². The van der Waals surface area contributed by atoms with Gasteiger partial charge in [-0.05, 0) is 27.3 Å². The third-order valence-corrected chi connectivity index (χ3v) is 3.61. The van der Waals surface area contributed by atoms with Crippen molar-refractivity contribution < 1.29 is 19.1 Å². The Hall–Kier alpha value is -1.08. The highest BCUT2D eigenvalue weighted by molar-refractivity contribution is 7.81.